The SMILES string of the molecule is CCN1CCC(N[C@@H](C)CO)CC1C. The van der Waals surface area contributed by atoms with Crippen LogP contribution in [0.3, 0.4) is 0 Å². The van der Waals surface area contributed by atoms with Crippen LogP contribution < -0.4 is 5.32 Å². The van der Waals surface area contributed by atoms with Crippen LogP contribution in [-0.2, 0) is 0 Å². The topological polar surface area (TPSA) is 35.5 Å². The van der Waals surface area contributed by atoms with Crippen LogP contribution >= 0.6 is 0 Å². The standard InChI is InChI=1S/C11H24N2O/c1-4-13-6-5-11(7-10(13)3)12-9(2)8-14/h9-12,14H,4-8H2,1-3H3/t9-,10?,11?/m0/s1. The van der Waals surface area contributed by atoms with Crippen LogP contribution in [0.4, 0.5) is 0 Å². The van der Waals surface area contributed by atoms with Gasteiger partial charge in [0.1, 0.15) is 0 Å². The van der Waals surface area contributed by atoms with Crippen LogP contribution in [0.5, 0.6) is 0 Å². The van der Waals surface area contributed by atoms with Gasteiger partial charge in [0.15, 0.2) is 0 Å². The minimum absolute atomic E-state index is 0.236. The van der Waals surface area contributed by atoms with Gasteiger partial charge in [-0.3, -0.25) is 0 Å². The molecular formula is C11H24N2O. The van der Waals surface area contributed by atoms with Crippen LogP contribution in [0.1, 0.15) is 33.6 Å². The zero-order chi connectivity index (χ0) is 10.6. The normalized spacial score (nSPS) is 31.7. The Bertz CT molecular complexity index is 163. The van der Waals surface area contributed by atoms with Crippen LogP contribution in [0.2, 0.25) is 0 Å². The number of aliphatic hydroxyl groups is 1. The molecule has 1 heterocycles. The minimum Gasteiger partial charge on any atom is -0.395 e. The van der Waals surface area contributed by atoms with E-state index >= 15 is 0 Å². The summed E-state index contributed by atoms with van der Waals surface area (Å²) in [6.45, 7) is 9.14. The average molecular weight is 200 g/mol. The summed E-state index contributed by atoms with van der Waals surface area (Å²) in [5.74, 6) is 0. The van der Waals surface area contributed by atoms with Crippen LogP contribution in [-0.4, -0.2) is 47.8 Å². The van der Waals surface area contributed by atoms with Crippen molar-refractivity contribution in [1.82, 2.24) is 10.2 Å². The van der Waals surface area contributed by atoms with Gasteiger partial charge < -0.3 is 15.3 Å². The number of aliphatic hydroxyl groups excluding tert-OH is 1. The molecule has 1 aliphatic heterocycles. The van der Waals surface area contributed by atoms with E-state index in [9.17, 15) is 0 Å². The number of likely N-dealkylation sites (tertiary alicyclic amines) is 1. The summed E-state index contributed by atoms with van der Waals surface area (Å²) in [6, 6.07) is 1.51. The summed E-state index contributed by atoms with van der Waals surface area (Å²) in [4.78, 5) is 2.52. The molecule has 1 rings (SSSR count). The molecule has 0 amide bonds. The number of rotatable bonds is 4. The van der Waals surface area contributed by atoms with Crippen LogP contribution in [0.25, 0.3) is 0 Å². The molecule has 0 aromatic carbocycles. The molecule has 0 aromatic heterocycles. The lowest BCUT2D eigenvalue weighted by Gasteiger charge is -2.38. The van der Waals surface area contributed by atoms with Gasteiger partial charge >= 0.3 is 0 Å². The van der Waals surface area contributed by atoms with E-state index in [0.717, 1.165) is 6.54 Å². The average Bonchev–Trinajstić information content (AvgIpc) is 2.18. The van der Waals surface area contributed by atoms with Crippen molar-refractivity contribution in [2.45, 2.75) is 51.7 Å². The molecule has 2 N–H and O–H groups in total. The summed E-state index contributed by atoms with van der Waals surface area (Å²) < 4.78 is 0. The van der Waals surface area contributed by atoms with Gasteiger partial charge in [-0.25, -0.2) is 0 Å². The molecule has 0 aromatic rings. The molecule has 3 heteroatoms. The van der Waals surface area contributed by atoms with E-state index in [2.05, 4.69) is 24.1 Å². The Morgan fingerprint density at radius 1 is 1.57 bits per heavy atom. The van der Waals surface area contributed by atoms with Gasteiger partial charge in [-0.15, -0.1) is 0 Å². The van der Waals surface area contributed by atoms with Crippen molar-refractivity contribution in [3.63, 3.8) is 0 Å². The molecule has 14 heavy (non-hydrogen) atoms. The number of hydrogen-bond donors (Lipinski definition) is 2. The molecule has 0 radical (unpaired) electrons. The highest BCUT2D eigenvalue weighted by Gasteiger charge is 2.24. The molecule has 0 saturated carbocycles. The van der Waals surface area contributed by atoms with E-state index in [1.807, 2.05) is 6.92 Å². The Morgan fingerprint density at radius 2 is 2.29 bits per heavy atom. The third-order valence-corrected chi connectivity index (χ3v) is 3.21. The smallest absolute Gasteiger partial charge is 0.0582 e. The Kier molecular flexibility index (Phi) is 4.85. The monoisotopic (exact) mass is 200 g/mol. The molecule has 1 saturated heterocycles. The van der Waals surface area contributed by atoms with Crippen molar-refractivity contribution in [3.8, 4) is 0 Å². The summed E-state index contributed by atoms with van der Waals surface area (Å²) in [5.41, 5.74) is 0. The van der Waals surface area contributed by atoms with Gasteiger partial charge in [0.2, 0.25) is 0 Å². The summed E-state index contributed by atoms with van der Waals surface area (Å²) in [7, 11) is 0. The highest BCUT2D eigenvalue weighted by molar-refractivity contribution is 4.83. The number of hydrogen-bond acceptors (Lipinski definition) is 3. The Morgan fingerprint density at radius 3 is 2.79 bits per heavy atom. The van der Waals surface area contributed by atoms with Gasteiger partial charge in [-0.1, -0.05) is 6.92 Å². The summed E-state index contributed by atoms with van der Waals surface area (Å²) in [6.07, 6.45) is 2.42. The third-order valence-electron chi connectivity index (χ3n) is 3.21. The number of nitrogens with zero attached hydrogens (tertiary/aromatic N) is 1. The lowest BCUT2D eigenvalue weighted by molar-refractivity contribution is 0.131. The fraction of sp³-hybridized carbons (Fsp3) is 1.00. The van der Waals surface area contributed by atoms with Gasteiger partial charge in [0.05, 0.1) is 6.61 Å². The van der Waals surface area contributed by atoms with Crippen LogP contribution in [0, 0.1) is 0 Å². The second-order valence-corrected chi connectivity index (χ2v) is 4.45. The van der Waals surface area contributed by atoms with Gasteiger partial charge in [0, 0.05) is 18.1 Å². The fourth-order valence-corrected chi connectivity index (χ4v) is 2.30. The fourth-order valence-electron chi connectivity index (χ4n) is 2.30. The van der Waals surface area contributed by atoms with E-state index in [4.69, 9.17) is 5.11 Å². The van der Waals surface area contributed by atoms with Crippen molar-refractivity contribution >= 4 is 0 Å². The van der Waals surface area contributed by atoms with Gasteiger partial charge in [-0.05, 0) is 39.8 Å². The maximum absolute atomic E-state index is 8.96. The molecule has 1 fully saturated rings. The predicted octanol–water partition coefficient (Wildman–Crippen LogP) is 0.830. The molecule has 2 unspecified atom stereocenters. The number of nitrogens with one attached hydrogen (secondary N) is 1. The lowest BCUT2D eigenvalue weighted by atomic mass is 9.98. The minimum atomic E-state index is 0.236. The molecule has 1 aliphatic rings. The molecule has 84 valence electrons. The Labute approximate surface area is 87.5 Å². The Hall–Kier alpha value is -0.120. The third kappa shape index (κ3) is 3.23. The van der Waals surface area contributed by atoms with Crippen molar-refractivity contribution < 1.29 is 5.11 Å². The Balaban J connectivity index is 2.31. The lowest BCUT2D eigenvalue weighted by Crippen LogP contribution is -2.49. The molecule has 0 bridgehead atoms. The van der Waals surface area contributed by atoms with Gasteiger partial charge in [-0.2, -0.15) is 0 Å². The van der Waals surface area contributed by atoms with E-state index in [0.29, 0.717) is 12.1 Å². The first-order chi connectivity index (χ1) is 6.67. The summed E-state index contributed by atoms with van der Waals surface area (Å²) >= 11 is 0. The van der Waals surface area contributed by atoms with E-state index in [1.165, 1.54) is 19.4 Å². The van der Waals surface area contributed by atoms with E-state index < -0.39 is 0 Å². The van der Waals surface area contributed by atoms with Crippen molar-refractivity contribution in [1.29, 1.82) is 0 Å². The predicted molar refractivity (Wildman–Crippen MR) is 59.4 cm³/mol. The zero-order valence-corrected chi connectivity index (χ0v) is 9.66. The first-order valence-electron chi connectivity index (χ1n) is 5.78. The molecule has 0 spiro atoms. The van der Waals surface area contributed by atoms with Crippen molar-refractivity contribution in [3.05, 3.63) is 0 Å². The highest BCUT2D eigenvalue weighted by atomic mass is 16.3. The second kappa shape index (κ2) is 5.69. The van der Waals surface area contributed by atoms with Crippen LogP contribution in [0.15, 0.2) is 0 Å². The molecule has 0 aliphatic carbocycles. The largest absolute Gasteiger partial charge is 0.395 e. The quantitative estimate of drug-likeness (QED) is 0.705. The second-order valence-electron chi connectivity index (χ2n) is 4.45. The maximum Gasteiger partial charge on any atom is 0.0582 e. The highest BCUT2D eigenvalue weighted by Crippen LogP contribution is 2.16. The first-order valence-corrected chi connectivity index (χ1v) is 5.78. The molecule has 3 atom stereocenters. The van der Waals surface area contributed by atoms with Gasteiger partial charge in [0.25, 0.3) is 0 Å². The first kappa shape index (κ1) is 12.0. The maximum atomic E-state index is 8.96. The molecule has 3 nitrogen and oxygen atoms in total. The number of piperidine rings is 1. The van der Waals surface area contributed by atoms with E-state index in [-0.39, 0.29) is 12.6 Å². The summed E-state index contributed by atoms with van der Waals surface area (Å²) in [5, 5.41) is 12.4. The molecular weight excluding hydrogens is 176 g/mol. The van der Waals surface area contributed by atoms with Crippen molar-refractivity contribution in [2.75, 3.05) is 19.7 Å². The van der Waals surface area contributed by atoms with Crippen molar-refractivity contribution in [2.24, 2.45) is 0 Å². The van der Waals surface area contributed by atoms with E-state index in [1.54, 1.807) is 0 Å². The zero-order valence-electron chi connectivity index (χ0n) is 9.66.